The smallest absolute Gasteiger partial charge is 0.349 e. The molecular weight excluding hydrogens is 416 g/mol. The Bertz CT molecular complexity index is 928. The van der Waals surface area contributed by atoms with Gasteiger partial charge in [0.25, 0.3) is 0 Å². The number of hydrogen-bond acceptors (Lipinski definition) is 6. The van der Waals surface area contributed by atoms with E-state index >= 15 is 0 Å². The number of nitrogens with one attached hydrogen (secondary N) is 2. The maximum atomic E-state index is 11.6. The van der Waals surface area contributed by atoms with Crippen LogP contribution >= 0.6 is 22.9 Å². The lowest BCUT2D eigenvalue weighted by Crippen LogP contribution is -2.49. The highest BCUT2D eigenvalue weighted by molar-refractivity contribution is 7.18. The van der Waals surface area contributed by atoms with Gasteiger partial charge in [-0.05, 0) is 50.9 Å². The standard InChI is InChI=1S/C20H23ClN2O5S/c1-20(2)9-13(6-7-22-20)23-12-5-3-4-11(8-12)17-15(21)16(28-10-14(24)25)18(29-17)19(26)27/h3-5,8,13,22-23H,6-7,9-10H2,1-2H3,(H,24,25)(H,26,27)/t13-/m0/s1. The van der Waals surface area contributed by atoms with Crippen LogP contribution in [-0.4, -0.2) is 46.9 Å². The number of halogens is 1. The van der Waals surface area contributed by atoms with Crippen LogP contribution < -0.4 is 15.4 Å². The summed E-state index contributed by atoms with van der Waals surface area (Å²) in [4.78, 5) is 22.8. The normalized spacial score (nSPS) is 18.2. The number of aromatic carboxylic acids is 1. The first-order chi connectivity index (χ1) is 13.7. The van der Waals surface area contributed by atoms with Gasteiger partial charge in [-0.1, -0.05) is 23.7 Å². The summed E-state index contributed by atoms with van der Waals surface area (Å²) in [5.41, 5.74) is 1.72. The first-order valence-electron chi connectivity index (χ1n) is 9.18. The van der Waals surface area contributed by atoms with Gasteiger partial charge in [0.2, 0.25) is 0 Å². The highest BCUT2D eigenvalue weighted by atomic mass is 35.5. The number of hydrogen-bond donors (Lipinski definition) is 4. The average Bonchev–Trinajstić information content (AvgIpc) is 2.96. The molecular formula is C20H23ClN2O5S. The Labute approximate surface area is 177 Å². The number of thiophene rings is 1. The van der Waals surface area contributed by atoms with Gasteiger partial charge in [0.15, 0.2) is 17.2 Å². The van der Waals surface area contributed by atoms with Gasteiger partial charge in [0.05, 0.1) is 4.88 Å². The molecule has 156 valence electrons. The monoisotopic (exact) mass is 438 g/mol. The van der Waals surface area contributed by atoms with Crippen molar-refractivity contribution in [2.75, 3.05) is 18.5 Å². The van der Waals surface area contributed by atoms with E-state index in [0.717, 1.165) is 42.0 Å². The van der Waals surface area contributed by atoms with Crippen LogP contribution in [0.25, 0.3) is 10.4 Å². The molecule has 1 saturated heterocycles. The van der Waals surface area contributed by atoms with Crippen LogP contribution in [-0.2, 0) is 4.79 Å². The maximum Gasteiger partial charge on any atom is 0.349 e. The molecule has 1 aromatic heterocycles. The van der Waals surface area contributed by atoms with Gasteiger partial charge in [0.1, 0.15) is 5.02 Å². The molecule has 2 heterocycles. The Hall–Kier alpha value is -2.29. The van der Waals surface area contributed by atoms with Gasteiger partial charge in [0, 0.05) is 17.3 Å². The quantitative estimate of drug-likeness (QED) is 0.513. The fraction of sp³-hybridized carbons (Fsp3) is 0.400. The Kier molecular flexibility index (Phi) is 6.36. The first-order valence-corrected chi connectivity index (χ1v) is 10.4. The van der Waals surface area contributed by atoms with Crippen molar-refractivity contribution in [3.05, 3.63) is 34.2 Å². The molecule has 0 aliphatic carbocycles. The second-order valence-corrected chi connectivity index (χ2v) is 9.02. The molecule has 1 aliphatic heterocycles. The summed E-state index contributed by atoms with van der Waals surface area (Å²) in [5, 5.41) is 25.4. The van der Waals surface area contributed by atoms with E-state index in [0.29, 0.717) is 10.9 Å². The Morgan fingerprint density at radius 3 is 2.79 bits per heavy atom. The van der Waals surface area contributed by atoms with Crippen LogP contribution in [0.3, 0.4) is 0 Å². The van der Waals surface area contributed by atoms with Gasteiger partial charge in [-0.3, -0.25) is 0 Å². The summed E-state index contributed by atoms with van der Waals surface area (Å²) in [6.45, 7) is 4.63. The van der Waals surface area contributed by atoms with Crippen molar-refractivity contribution in [3.8, 4) is 16.2 Å². The van der Waals surface area contributed by atoms with Crippen molar-refractivity contribution >= 4 is 40.6 Å². The highest BCUT2D eigenvalue weighted by Crippen LogP contribution is 2.46. The van der Waals surface area contributed by atoms with Crippen molar-refractivity contribution in [2.24, 2.45) is 0 Å². The minimum absolute atomic E-state index is 0.0668. The molecule has 2 aromatic rings. The molecule has 1 fully saturated rings. The molecule has 1 aliphatic rings. The number of anilines is 1. The van der Waals surface area contributed by atoms with E-state index in [2.05, 4.69) is 24.5 Å². The van der Waals surface area contributed by atoms with Gasteiger partial charge in [-0.2, -0.15) is 0 Å². The molecule has 4 N–H and O–H groups in total. The van der Waals surface area contributed by atoms with Crippen LogP contribution in [0.5, 0.6) is 5.75 Å². The van der Waals surface area contributed by atoms with E-state index in [1.165, 1.54) is 0 Å². The van der Waals surface area contributed by atoms with Gasteiger partial charge in [-0.15, -0.1) is 11.3 Å². The number of aliphatic carboxylic acids is 1. The zero-order valence-corrected chi connectivity index (χ0v) is 17.7. The number of carboxylic acid groups (broad SMARTS) is 2. The van der Waals surface area contributed by atoms with Crippen LogP contribution in [0.4, 0.5) is 5.69 Å². The Morgan fingerprint density at radius 1 is 1.38 bits per heavy atom. The van der Waals surface area contributed by atoms with Crippen LogP contribution in [0.1, 0.15) is 36.4 Å². The molecule has 0 unspecified atom stereocenters. The van der Waals surface area contributed by atoms with E-state index in [1.54, 1.807) is 0 Å². The van der Waals surface area contributed by atoms with Gasteiger partial charge in [-0.25, -0.2) is 9.59 Å². The molecule has 3 rings (SSSR count). The van der Waals surface area contributed by atoms with Gasteiger partial charge < -0.3 is 25.6 Å². The van der Waals surface area contributed by atoms with E-state index in [9.17, 15) is 14.7 Å². The topological polar surface area (TPSA) is 108 Å². The number of rotatable bonds is 7. The summed E-state index contributed by atoms with van der Waals surface area (Å²) < 4.78 is 5.14. The average molecular weight is 439 g/mol. The molecule has 0 saturated carbocycles. The minimum atomic E-state index is -1.21. The Morgan fingerprint density at radius 2 is 2.14 bits per heavy atom. The SMILES string of the molecule is CC1(C)C[C@@H](Nc2cccc(-c3sc(C(=O)O)c(OCC(=O)O)c3Cl)c2)CCN1. The summed E-state index contributed by atoms with van der Waals surface area (Å²) in [5.74, 6) is -2.53. The second-order valence-electron chi connectivity index (χ2n) is 7.62. The van der Waals surface area contributed by atoms with E-state index in [4.69, 9.17) is 21.4 Å². The number of piperidine rings is 1. The largest absolute Gasteiger partial charge is 0.479 e. The van der Waals surface area contributed by atoms with Crippen molar-refractivity contribution in [3.63, 3.8) is 0 Å². The molecule has 0 radical (unpaired) electrons. The van der Waals surface area contributed by atoms with Crippen LogP contribution in [0, 0.1) is 0 Å². The number of carbonyl (C=O) groups is 2. The lowest BCUT2D eigenvalue weighted by molar-refractivity contribution is -0.139. The zero-order valence-electron chi connectivity index (χ0n) is 16.1. The molecule has 1 aromatic carbocycles. The molecule has 1 atom stereocenters. The maximum absolute atomic E-state index is 11.6. The fourth-order valence-electron chi connectivity index (χ4n) is 3.47. The predicted octanol–water partition coefficient (Wildman–Crippen LogP) is 4.17. The van der Waals surface area contributed by atoms with Crippen molar-refractivity contribution in [1.29, 1.82) is 0 Å². The van der Waals surface area contributed by atoms with Crippen molar-refractivity contribution in [1.82, 2.24) is 5.32 Å². The zero-order chi connectivity index (χ0) is 21.2. The van der Waals surface area contributed by atoms with Crippen molar-refractivity contribution < 1.29 is 24.5 Å². The highest BCUT2D eigenvalue weighted by Gasteiger charge is 2.28. The summed E-state index contributed by atoms with van der Waals surface area (Å²) in [7, 11) is 0. The van der Waals surface area contributed by atoms with E-state index < -0.39 is 18.5 Å². The van der Waals surface area contributed by atoms with Crippen molar-refractivity contribution in [2.45, 2.75) is 38.3 Å². The lowest BCUT2D eigenvalue weighted by Gasteiger charge is -2.37. The van der Waals surface area contributed by atoms with Gasteiger partial charge >= 0.3 is 11.9 Å². The van der Waals surface area contributed by atoms with Crippen LogP contribution in [0.15, 0.2) is 24.3 Å². The van der Waals surface area contributed by atoms with E-state index in [-0.39, 0.29) is 21.2 Å². The molecule has 7 nitrogen and oxygen atoms in total. The third-order valence-corrected chi connectivity index (χ3v) is 6.37. The summed E-state index contributed by atoms with van der Waals surface area (Å²) >= 11 is 7.34. The number of benzene rings is 1. The van der Waals surface area contributed by atoms with Crippen LogP contribution in [0.2, 0.25) is 5.02 Å². The molecule has 0 spiro atoms. The number of ether oxygens (including phenoxy) is 1. The number of carboxylic acids is 2. The van der Waals surface area contributed by atoms with E-state index in [1.807, 2.05) is 24.3 Å². The third kappa shape index (κ3) is 5.20. The molecule has 29 heavy (non-hydrogen) atoms. The predicted molar refractivity (Wildman–Crippen MR) is 114 cm³/mol. The summed E-state index contributed by atoms with van der Waals surface area (Å²) in [6.07, 6.45) is 1.98. The molecule has 0 amide bonds. The molecule has 9 heteroatoms. The first kappa shape index (κ1) is 21.4. The fourth-order valence-corrected chi connectivity index (χ4v) is 4.87. The Balaban J connectivity index is 1.87. The molecule has 0 bridgehead atoms. The summed E-state index contributed by atoms with van der Waals surface area (Å²) in [6, 6.07) is 7.91. The third-order valence-electron chi connectivity index (χ3n) is 4.69. The minimum Gasteiger partial charge on any atom is -0.479 e. The lowest BCUT2D eigenvalue weighted by atomic mass is 9.89. The second kappa shape index (κ2) is 8.61.